The van der Waals surface area contributed by atoms with Gasteiger partial charge < -0.3 is 10.6 Å². The molecule has 4 heteroatoms. The Morgan fingerprint density at radius 2 is 2.14 bits per heavy atom. The molecule has 2 N–H and O–H groups in total. The van der Waals surface area contributed by atoms with Gasteiger partial charge in [0.25, 0.3) is 0 Å². The number of piperazine rings is 1. The lowest BCUT2D eigenvalue weighted by Gasteiger charge is -2.27. The summed E-state index contributed by atoms with van der Waals surface area (Å²) in [6.07, 6.45) is 2.75. The van der Waals surface area contributed by atoms with Crippen LogP contribution in [0.3, 0.4) is 0 Å². The Hall–Kier alpha value is -0.610. The van der Waals surface area contributed by atoms with Crippen LogP contribution < -0.4 is 10.6 Å². The molecule has 1 rings (SSSR count). The fourth-order valence-corrected chi connectivity index (χ4v) is 1.49. The first-order chi connectivity index (χ1) is 6.83. The summed E-state index contributed by atoms with van der Waals surface area (Å²) in [6.45, 7) is 6.95. The SMILES string of the molecule is CCCCC(=O)NCN1CCNCC1. The molecule has 0 unspecified atom stereocenters. The first-order valence-corrected chi connectivity index (χ1v) is 5.52. The molecule has 4 nitrogen and oxygen atoms in total. The van der Waals surface area contributed by atoms with E-state index in [0.717, 1.165) is 39.0 Å². The van der Waals surface area contributed by atoms with E-state index < -0.39 is 0 Å². The molecule has 0 aromatic heterocycles. The second kappa shape index (κ2) is 6.79. The molecule has 14 heavy (non-hydrogen) atoms. The zero-order valence-corrected chi connectivity index (χ0v) is 9.01. The van der Waals surface area contributed by atoms with Crippen molar-refractivity contribution in [2.24, 2.45) is 0 Å². The van der Waals surface area contributed by atoms with Crippen LogP contribution in [0.15, 0.2) is 0 Å². The van der Waals surface area contributed by atoms with Crippen LogP contribution in [0.25, 0.3) is 0 Å². The number of nitrogens with one attached hydrogen (secondary N) is 2. The van der Waals surface area contributed by atoms with Gasteiger partial charge in [-0.2, -0.15) is 0 Å². The minimum absolute atomic E-state index is 0.186. The number of amides is 1. The number of unbranched alkanes of at least 4 members (excludes halogenated alkanes) is 1. The summed E-state index contributed by atoms with van der Waals surface area (Å²) in [5.41, 5.74) is 0. The summed E-state index contributed by atoms with van der Waals surface area (Å²) in [4.78, 5) is 13.6. The van der Waals surface area contributed by atoms with E-state index in [4.69, 9.17) is 0 Å². The van der Waals surface area contributed by atoms with Gasteiger partial charge in [-0.1, -0.05) is 13.3 Å². The molecule has 0 atom stereocenters. The predicted molar refractivity (Wildman–Crippen MR) is 57.0 cm³/mol. The monoisotopic (exact) mass is 199 g/mol. The molecule has 0 saturated carbocycles. The summed E-state index contributed by atoms with van der Waals surface area (Å²) in [7, 11) is 0. The van der Waals surface area contributed by atoms with Gasteiger partial charge in [-0.05, 0) is 6.42 Å². The van der Waals surface area contributed by atoms with E-state index in [1.807, 2.05) is 0 Å². The van der Waals surface area contributed by atoms with Gasteiger partial charge in [0, 0.05) is 32.6 Å². The number of rotatable bonds is 5. The molecular formula is C10H21N3O. The van der Waals surface area contributed by atoms with Gasteiger partial charge in [-0.15, -0.1) is 0 Å². The maximum absolute atomic E-state index is 11.3. The van der Waals surface area contributed by atoms with Crippen LogP contribution in [0.4, 0.5) is 0 Å². The molecular weight excluding hydrogens is 178 g/mol. The van der Waals surface area contributed by atoms with Gasteiger partial charge in [0.15, 0.2) is 0 Å². The van der Waals surface area contributed by atoms with Crippen LogP contribution in [-0.2, 0) is 4.79 Å². The third-order valence-corrected chi connectivity index (χ3v) is 2.47. The maximum Gasteiger partial charge on any atom is 0.220 e. The van der Waals surface area contributed by atoms with E-state index >= 15 is 0 Å². The first-order valence-electron chi connectivity index (χ1n) is 5.52. The van der Waals surface area contributed by atoms with E-state index in [9.17, 15) is 4.79 Å². The summed E-state index contributed by atoms with van der Waals surface area (Å²) >= 11 is 0. The van der Waals surface area contributed by atoms with Gasteiger partial charge in [0.2, 0.25) is 5.91 Å². The van der Waals surface area contributed by atoms with Crippen molar-refractivity contribution < 1.29 is 4.79 Å². The number of carbonyl (C=O) groups excluding carboxylic acids is 1. The third kappa shape index (κ3) is 4.58. The molecule has 1 saturated heterocycles. The predicted octanol–water partition coefficient (Wildman–Crippen LogP) is 0.156. The Morgan fingerprint density at radius 3 is 2.79 bits per heavy atom. The molecule has 1 aliphatic rings. The standard InChI is InChI=1S/C10H21N3O/c1-2-3-4-10(14)12-9-13-7-5-11-6-8-13/h11H,2-9H2,1H3,(H,12,14). The van der Waals surface area contributed by atoms with Crippen LogP contribution in [0, 0.1) is 0 Å². The topological polar surface area (TPSA) is 44.4 Å². The molecule has 0 aromatic rings. The first kappa shape index (κ1) is 11.5. The van der Waals surface area contributed by atoms with Crippen LogP contribution >= 0.6 is 0 Å². The van der Waals surface area contributed by atoms with Crippen molar-refractivity contribution in [3.8, 4) is 0 Å². The largest absolute Gasteiger partial charge is 0.343 e. The Balaban J connectivity index is 2.03. The minimum Gasteiger partial charge on any atom is -0.343 e. The average molecular weight is 199 g/mol. The number of hydrogen-bond donors (Lipinski definition) is 2. The summed E-state index contributed by atoms with van der Waals surface area (Å²) in [5, 5.41) is 6.23. The Kier molecular flexibility index (Phi) is 5.56. The van der Waals surface area contributed by atoms with Crippen LogP contribution in [0.2, 0.25) is 0 Å². The fraction of sp³-hybridized carbons (Fsp3) is 0.900. The minimum atomic E-state index is 0.186. The van der Waals surface area contributed by atoms with Gasteiger partial charge in [-0.25, -0.2) is 0 Å². The van der Waals surface area contributed by atoms with Crippen LogP contribution in [0.5, 0.6) is 0 Å². The molecule has 1 fully saturated rings. The van der Waals surface area contributed by atoms with Crippen molar-refractivity contribution in [1.29, 1.82) is 0 Å². The Labute approximate surface area is 86.0 Å². The molecule has 1 aliphatic heterocycles. The summed E-state index contributed by atoms with van der Waals surface area (Å²) < 4.78 is 0. The summed E-state index contributed by atoms with van der Waals surface area (Å²) in [5.74, 6) is 0.186. The third-order valence-electron chi connectivity index (χ3n) is 2.47. The van der Waals surface area contributed by atoms with Crippen molar-refractivity contribution in [3.63, 3.8) is 0 Å². The van der Waals surface area contributed by atoms with E-state index in [1.54, 1.807) is 0 Å². The second-order valence-corrected chi connectivity index (χ2v) is 3.73. The number of hydrogen-bond acceptors (Lipinski definition) is 3. The Morgan fingerprint density at radius 1 is 1.43 bits per heavy atom. The normalized spacial score (nSPS) is 18.1. The highest BCUT2D eigenvalue weighted by Gasteiger charge is 2.09. The lowest BCUT2D eigenvalue weighted by Crippen LogP contribution is -2.48. The molecule has 0 aromatic carbocycles. The van der Waals surface area contributed by atoms with Gasteiger partial charge in [-0.3, -0.25) is 9.69 Å². The molecule has 82 valence electrons. The quantitative estimate of drug-likeness (QED) is 0.663. The zero-order valence-electron chi connectivity index (χ0n) is 9.01. The van der Waals surface area contributed by atoms with E-state index in [-0.39, 0.29) is 5.91 Å². The van der Waals surface area contributed by atoms with Crippen molar-refractivity contribution in [2.75, 3.05) is 32.8 Å². The highest BCUT2D eigenvalue weighted by Crippen LogP contribution is 1.94. The maximum atomic E-state index is 11.3. The van der Waals surface area contributed by atoms with Crippen LogP contribution in [-0.4, -0.2) is 43.7 Å². The van der Waals surface area contributed by atoms with Crippen LogP contribution in [0.1, 0.15) is 26.2 Å². The van der Waals surface area contributed by atoms with E-state index in [0.29, 0.717) is 13.1 Å². The van der Waals surface area contributed by atoms with Gasteiger partial charge in [0.05, 0.1) is 6.67 Å². The fourth-order valence-electron chi connectivity index (χ4n) is 1.49. The smallest absolute Gasteiger partial charge is 0.220 e. The van der Waals surface area contributed by atoms with Gasteiger partial charge in [0.1, 0.15) is 0 Å². The average Bonchev–Trinajstić information content (AvgIpc) is 2.25. The van der Waals surface area contributed by atoms with Gasteiger partial charge >= 0.3 is 0 Å². The summed E-state index contributed by atoms with van der Waals surface area (Å²) in [6, 6.07) is 0. The Bertz CT molecular complexity index is 167. The molecule has 0 radical (unpaired) electrons. The van der Waals surface area contributed by atoms with Crippen molar-refractivity contribution in [1.82, 2.24) is 15.5 Å². The van der Waals surface area contributed by atoms with E-state index in [1.165, 1.54) is 0 Å². The molecule has 1 amide bonds. The number of carbonyl (C=O) groups is 1. The highest BCUT2D eigenvalue weighted by molar-refractivity contribution is 5.75. The molecule has 1 heterocycles. The zero-order chi connectivity index (χ0) is 10.2. The molecule has 0 bridgehead atoms. The van der Waals surface area contributed by atoms with Crippen molar-refractivity contribution in [2.45, 2.75) is 26.2 Å². The number of nitrogens with zero attached hydrogens (tertiary/aromatic N) is 1. The highest BCUT2D eigenvalue weighted by atomic mass is 16.1. The van der Waals surface area contributed by atoms with E-state index in [2.05, 4.69) is 22.5 Å². The van der Waals surface area contributed by atoms with Crippen molar-refractivity contribution >= 4 is 5.91 Å². The second-order valence-electron chi connectivity index (χ2n) is 3.73. The molecule has 0 spiro atoms. The van der Waals surface area contributed by atoms with Crippen molar-refractivity contribution in [3.05, 3.63) is 0 Å². The lowest BCUT2D eigenvalue weighted by molar-refractivity contribution is -0.121. The lowest BCUT2D eigenvalue weighted by atomic mass is 10.2. The molecule has 0 aliphatic carbocycles.